The van der Waals surface area contributed by atoms with E-state index < -0.39 is 0 Å². The van der Waals surface area contributed by atoms with Crippen molar-refractivity contribution in [3.05, 3.63) is 0 Å². The molecule has 0 saturated carbocycles. The number of piperazine rings is 1. The van der Waals surface area contributed by atoms with Crippen LogP contribution in [0.4, 0.5) is 0 Å². The number of carbonyl (C=O) groups excluding carboxylic acids is 1. The summed E-state index contributed by atoms with van der Waals surface area (Å²) in [6.07, 6.45) is 2.25. The van der Waals surface area contributed by atoms with Crippen LogP contribution in [0.25, 0.3) is 0 Å². The van der Waals surface area contributed by atoms with Gasteiger partial charge in [-0.1, -0.05) is 6.92 Å². The molecule has 0 aliphatic carbocycles. The van der Waals surface area contributed by atoms with E-state index in [1.54, 1.807) is 0 Å². The maximum Gasteiger partial charge on any atom is 0.246 e. The average molecular weight is 357 g/mol. The lowest BCUT2D eigenvalue weighted by atomic mass is 10.1. The van der Waals surface area contributed by atoms with Gasteiger partial charge in [-0.25, -0.2) is 0 Å². The van der Waals surface area contributed by atoms with Crippen molar-refractivity contribution in [1.82, 2.24) is 20.0 Å². The molecule has 0 radical (unpaired) electrons. The van der Waals surface area contributed by atoms with Crippen LogP contribution >= 0.6 is 0 Å². The smallest absolute Gasteiger partial charge is 0.246 e. The van der Waals surface area contributed by atoms with E-state index in [0.717, 1.165) is 71.8 Å². The Bertz CT molecular complexity index is 367. The fraction of sp³-hybridized carbons (Fsp3) is 0.944. The molecule has 2 rings (SSSR count). The molecule has 1 amide bonds. The zero-order valence-corrected chi connectivity index (χ0v) is 16.0. The summed E-state index contributed by atoms with van der Waals surface area (Å²) in [6.45, 7) is 13.0. The highest BCUT2D eigenvalue weighted by Crippen LogP contribution is 2.11. The highest BCUT2D eigenvalue weighted by atomic mass is 16.5. The van der Waals surface area contributed by atoms with E-state index in [1.807, 2.05) is 0 Å². The minimum absolute atomic E-state index is 0.0433. The van der Waals surface area contributed by atoms with Crippen LogP contribution in [0, 0.1) is 0 Å². The van der Waals surface area contributed by atoms with Crippen LogP contribution in [-0.4, -0.2) is 112 Å². The van der Waals surface area contributed by atoms with Gasteiger partial charge < -0.3 is 24.6 Å². The lowest BCUT2D eigenvalue weighted by Crippen LogP contribution is -2.47. The number of ether oxygens (including phenoxy) is 2. The van der Waals surface area contributed by atoms with Gasteiger partial charge in [-0.05, 0) is 26.4 Å². The quantitative estimate of drug-likeness (QED) is 0.550. The summed E-state index contributed by atoms with van der Waals surface area (Å²) >= 11 is 0. The maximum absolute atomic E-state index is 11.8. The number of likely N-dealkylation sites (tertiary alicyclic amines) is 1. The SMILES string of the molecule is CCN1CCN(CCOCCNC(=O)COC2CCN(C)CC2)CC1. The second-order valence-corrected chi connectivity index (χ2v) is 7.05. The van der Waals surface area contributed by atoms with E-state index in [2.05, 4.69) is 34.0 Å². The van der Waals surface area contributed by atoms with E-state index in [-0.39, 0.29) is 18.6 Å². The van der Waals surface area contributed by atoms with E-state index in [1.165, 1.54) is 0 Å². The predicted octanol–water partition coefficient (Wildman–Crippen LogP) is -0.132. The number of hydrogen-bond donors (Lipinski definition) is 1. The minimum atomic E-state index is -0.0433. The van der Waals surface area contributed by atoms with Crippen molar-refractivity contribution in [3.8, 4) is 0 Å². The van der Waals surface area contributed by atoms with Crippen LogP contribution < -0.4 is 5.32 Å². The number of hydrogen-bond acceptors (Lipinski definition) is 6. The first-order valence-electron chi connectivity index (χ1n) is 9.76. The van der Waals surface area contributed by atoms with Gasteiger partial charge in [-0.2, -0.15) is 0 Å². The molecule has 2 fully saturated rings. The molecule has 2 aliphatic heterocycles. The molecule has 0 bridgehead atoms. The first-order valence-corrected chi connectivity index (χ1v) is 9.76. The van der Waals surface area contributed by atoms with E-state index in [9.17, 15) is 4.79 Å². The standard InChI is InChI=1S/C18H36N4O3/c1-3-21-9-11-22(12-10-21)13-15-24-14-6-19-18(23)16-25-17-4-7-20(2)8-5-17/h17H,3-16H2,1-2H3,(H,19,23). The van der Waals surface area contributed by atoms with Gasteiger partial charge in [0.15, 0.2) is 0 Å². The Labute approximate surface area is 152 Å². The Morgan fingerprint density at radius 3 is 2.40 bits per heavy atom. The predicted molar refractivity (Wildman–Crippen MR) is 98.9 cm³/mol. The number of piperidine rings is 1. The van der Waals surface area contributed by atoms with Crippen molar-refractivity contribution in [2.24, 2.45) is 0 Å². The van der Waals surface area contributed by atoms with Crippen LogP contribution in [0.5, 0.6) is 0 Å². The summed E-state index contributed by atoms with van der Waals surface area (Å²) in [5.41, 5.74) is 0. The summed E-state index contributed by atoms with van der Waals surface area (Å²) in [5, 5.41) is 2.86. The fourth-order valence-corrected chi connectivity index (χ4v) is 3.28. The topological polar surface area (TPSA) is 57.3 Å². The molecule has 2 saturated heterocycles. The molecule has 0 aromatic rings. The Balaban J connectivity index is 1.39. The van der Waals surface area contributed by atoms with Crippen LogP contribution in [0.15, 0.2) is 0 Å². The Morgan fingerprint density at radius 1 is 1.04 bits per heavy atom. The fourth-order valence-electron chi connectivity index (χ4n) is 3.28. The third-order valence-corrected chi connectivity index (χ3v) is 5.15. The van der Waals surface area contributed by atoms with Gasteiger partial charge in [0.1, 0.15) is 6.61 Å². The summed E-state index contributed by atoms with van der Waals surface area (Å²) in [6, 6.07) is 0. The Kier molecular flexibility index (Phi) is 9.72. The molecule has 7 nitrogen and oxygen atoms in total. The number of rotatable bonds is 10. The van der Waals surface area contributed by atoms with Crippen LogP contribution in [0.2, 0.25) is 0 Å². The van der Waals surface area contributed by atoms with Crippen molar-refractivity contribution in [2.45, 2.75) is 25.9 Å². The van der Waals surface area contributed by atoms with Crippen molar-refractivity contribution < 1.29 is 14.3 Å². The van der Waals surface area contributed by atoms with E-state index in [4.69, 9.17) is 9.47 Å². The molecular weight excluding hydrogens is 320 g/mol. The molecule has 0 atom stereocenters. The molecule has 1 N–H and O–H groups in total. The Morgan fingerprint density at radius 2 is 1.72 bits per heavy atom. The number of carbonyl (C=O) groups is 1. The largest absolute Gasteiger partial charge is 0.378 e. The number of nitrogens with zero attached hydrogens (tertiary/aromatic N) is 3. The van der Waals surface area contributed by atoms with Crippen molar-refractivity contribution in [1.29, 1.82) is 0 Å². The second kappa shape index (κ2) is 11.8. The zero-order chi connectivity index (χ0) is 17.9. The molecule has 146 valence electrons. The summed E-state index contributed by atoms with van der Waals surface area (Å²) in [4.78, 5) is 19.0. The van der Waals surface area contributed by atoms with Crippen molar-refractivity contribution in [3.63, 3.8) is 0 Å². The summed E-state index contributed by atoms with van der Waals surface area (Å²) < 4.78 is 11.3. The van der Waals surface area contributed by atoms with E-state index in [0.29, 0.717) is 13.2 Å². The van der Waals surface area contributed by atoms with Crippen LogP contribution in [0.3, 0.4) is 0 Å². The normalized spacial score (nSPS) is 21.5. The number of amides is 1. The molecule has 0 spiro atoms. The van der Waals surface area contributed by atoms with Gasteiger partial charge >= 0.3 is 0 Å². The lowest BCUT2D eigenvalue weighted by Gasteiger charge is -2.33. The number of likely N-dealkylation sites (N-methyl/N-ethyl adjacent to an activating group) is 1. The van der Waals surface area contributed by atoms with Gasteiger partial charge in [0.05, 0.1) is 19.3 Å². The molecule has 2 aliphatic rings. The molecule has 2 heterocycles. The molecule has 7 heteroatoms. The van der Waals surface area contributed by atoms with Gasteiger partial charge in [-0.15, -0.1) is 0 Å². The molecular formula is C18H36N4O3. The molecule has 0 aromatic heterocycles. The monoisotopic (exact) mass is 356 g/mol. The maximum atomic E-state index is 11.8. The third-order valence-electron chi connectivity index (χ3n) is 5.15. The zero-order valence-electron chi connectivity index (χ0n) is 16.0. The summed E-state index contributed by atoms with van der Waals surface area (Å²) in [5.74, 6) is -0.0433. The summed E-state index contributed by atoms with van der Waals surface area (Å²) in [7, 11) is 2.12. The van der Waals surface area contributed by atoms with E-state index >= 15 is 0 Å². The first kappa shape index (κ1) is 20.6. The Hall–Kier alpha value is -0.730. The van der Waals surface area contributed by atoms with Crippen LogP contribution in [0.1, 0.15) is 19.8 Å². The molecule has 0 aromatic carbocycles. The first-order chi connectivity index (χ1) is 12.2. The van der Waals surface area contributed by atoms with Gasteiger partial charge in [0, 0.05) is 52.4 Å². The average Bonchev–Trinajstić information content (AvgIpc) is 2.64. The minimum Gasteiger partial charge on any atom is -0.378 e. The van der Waals surface area contributed by atoms with Crippen LogP contribution in [-0.2, 0) is 14.3 Å². The van der Waals surface area contributed by atoms with Gasteiger partial charge in [0.2, 0.25) is 5.91 Å². The van der Waals surface area contributed by atoms with Crippen molar-refractivity contribution in [2.75, 3.05) is 85.8 Å². The lowest BCUT2D eigenvalue weighted by molar-refractivity contribution is -0.128. The second-order valence-electron chi connectivity index (χ2n) is 7.05. The van der Waals surface area contributed by atoms with Crippen molar-refractivity contribution >= 4 is 5.91 Å². The van der Waals surface area contributed by atoms with Gasteiger partial charge in [0.25, 0.3) is 0 Å². The number of nitrogens with one attached hydrogen (secondary N) is 1. The third kappa shape index (κ3) is 8.46. The highest BCUT2D eigenvalue weighted by molar-refractivity contribution is 5.77. The molecule has 25 heavy (non-hydrogen) atoms. The van der Waals surface area contributed by atoms with Gasteiger partial charge in [-0.3, -0.25) is 9.69 Å². The highest BCUT2D eigenvalue weighted by Gasteiger charge is 2.18. The molecule has 0 unspecified atom stereocenters.